The van der Waals surface area contributed by atoms with Crippen LogP contribution in [0.5, 0.6) is 5.75 Å². The van der Waals surface area contributed by atoms with E-state index in [0.29, 0.717) is 0 Å². The number of amidine groups is 2. The Morgan fingerprint density at radius 1 is 1.13 bits per heavy atom. The van der Waals surface area contributed by atoms with Gasteiger partial charge in [0, 0.05) is 11.4 Å². The zero-order valence-corrected chi connectivity index (χ0v) is 19.4. The van der Waals surface area contributed by atoms with Gasteiger partial charge in [0.2, 0.25) is 0 Å². The zero-order valence-electron chi connectivity index (χ0n) is 17.8. The average Bonchev–Trinajstić information content (AvgIpc) is 3.29. The molecule has 0 bridgehead atoms. The second-order valence-corrected chi connectivity index (χ2v) is 10.1. The normalized spacial score (nSPS) is 22.0. The molecule has 5 nitrogen and oxygen atoms in total. The fourth-order valence-corrected chi connectivity index (χ4v) is 6.07. The zero-order chi connectivity index (χ0) is 21.3. The van der Waals surface area contributed by atoms with E-state index in [9.17, 15) is 0 Å². The van der Waals surface area contributed by atoms with Crippen LogP contribution >= 0.6 is 23.5 Å². The average molecular weight is 451 g/mol. The second-order valence-electron chi connectivity index (χ2n) is 8.30. The predicted octanol–water partition coefficient (Wildman–Crippen LogP) is 4.65. The summed E-state index contributed by atoms with van der Waals surface area (Å²) < 4.78 is 5.27. The van der Waals surface area contributed by atoms with Crippen LogP contribution in [0, 0.1) is 0 Å². The number of nitrogens with zero attached hydrogens (tertiary/aromatic N) is 3. The van der Waals surface area contributed by atoms with E-state index in [-0.39, 0.29) is 5.54 Å². The number of aliphatic imine (C=N–C) groups is 2. The Morgan fingerprint density at radius 3 is 2.74 bits per heavy atom. The van der Waals surface area contributed by atoms with Crippen LogP contribution in [-0.2, 0) is 19.5 Å². The molecular formula is C24H26N4OS2. The summed E-state index contributed by atoms with van der Waals surface area (Å²) in [5.41, 5.74) is 5.23. The van der Waals surface area contributed by atoms with Gasteiger partial charge in [-0.2, -0.15) is 0 Å². The molecule has 3 heterocycles. The third-order valence-electron chi connectivity index (χ3n) is 5.80. The molecule has 0 amide bonds. The minimum atomic E-state index is -0.0517. The Labute approximate surface area is 192 Å². The van der Waals surface area contributed by atoms with Crippen LogP contribution in [0.2, 0.25) is 0 Å². The molecule has 5 rings (SSSR count). The number of fused-ring (bicyclic) bond motifs is 2. The number of hydrogen-bond acceptors (Lipinski definition) is 7. The Hall–Kier alpha value is -2.38. The van der Waals surface area contributed by atoms with Crippen LogP contribution in [0.4, 0.5) is 0 Å². The van der Waals surface area contributed by atoms with E-state index < -0.39 is 0 Å². The lowest BCUT2D eigenvalue weighted by Crippen LogP contribution is -2.44. The number of thioether (sulfide) groups is 2. The van der Waals surface area contributed by atoms with E-state index in [1.807, 2.05) is 12.1 Å². The Morgan fingerprint density at radius 2 is 1.94 bits per heavy atom. The van der Waals surface area contributed by atoms with E-state index in [0.717, 1.165) is 47.9 Å². The molecular weight excluding hydrogens is 424 g/mol. The fourth-order valence-electron chi connectivity index (χ4n) is 4.07. The highest BCUT2D eigenvalue weighted by molar-refractivity contribution is 8.17. The number of methoxy groups -OCH3 is 1. The lowest BCUT2D eigenvalue weighted by Gasteiger charge is -2.25. The molecule has 0 saturated carbocycles. The summed E-state index contributed by atoms with van der Waals surface area (Å²) in [6.07, 6.45) is 0.933. The second kappa shape index (κ2) is 8.63. The summed E-state index contributed by atoms with van der Waals surface area (Å²) in [6, 6.07) is 16.9. The first-order valence-corrected chi connectivity index (χ1v) is 12.3. The van der Waals surface area contributed by atoms with Crippen molar-refractivity contribution in [3.8, 4) is 5.75 Å². The summed E-state index contributed by atoms with van der Waals surface area (Å²) in [6.45, 7) is 4.69. The van der Waals surface area contributed by atoms with Crippen molar-refractivity contribution < 1.29 is 4.74 Å². The highest BCUT2D eigenvalue weighted by Crippen LogP contribution is 2.34. The molecule has 1 N–H and O–H groups in total. The molecule has 0 aliphatic carbocycles. The summed E-state index contributed by atoms with van der Waals surface area (Å²) in [7, 11) is 1.70. The summed E-state index contributed by atoms with van der Waals surface area (Å²) in [5.74, 6) is 1.78. The molecule has 3 aliphatic heterocycles. The Kier molecular flexibility index (Phi) is 5.71. The van der Waals surface area contributed by atoms with Gasteiger partial charge in [-0.05, 0) is 47.6 Å². The van der Waals surface area contributed by atoms with Gasteiger partial charge in [0.25, 0.3) is 0 Å². The van der Waals surface area contributed by atoms with Crippen molar-refractivity contribution in [3.05, 3.63) is 76.3 Å². The maximum Gasteiger partial charge on any atom is 0.168 e. The topological polar surface area (TPSA) is 49.2 Å². The molecule has 2 aromatic carbocycles. The summed E-state index contributed by atoms with van der Waals surface area (Å²) in [5, 5.41) is 8.05. The number of hydrogen-bond donors (Lipinski definition) is 1. The van der Waals surface area contributed by atoms with E-state index in [1.54, 1.807) is 30.6 Å². The number of benzene rings is 2. The van der Waals surface area contributed by atoms with Gasteiger partial charge in [-0.1, -0.05) is 59.9 Å². The van der Waals surface area contributed by atoms with Crippen LogP contribution in [0.1, 0.15) is 23.6 Å². The predicted molar refractivity (Wildman–Crippen MR) is 132 cm³/mol. The molecule has 0 aromatic heterocycles. The van der Waals surface area contributed by atoms with Crippen molar-refractivity contribution in [3.63, 3.8) is 0 Å². The van der Waals surface area contributed by atoms with E-state index in [1.165, 1.54) is 22.4 Å². The first kappa shape index (κ1) is 20.5. The minimum absolute atomic E-state index is 0.0517. The molecule has 1 unspecified atom stereocenters. The number of ether oxygens (including phenoxy) is 1. The van der Waals surface area contributed by atoms with E-state index in [2.05, 4.69) is 58.9 Å². The highest BCUT2D eigenvalue weighted by atomic mass is 32.2. The lowest BCUT2D eigenvalue weighted by molar-refractivity contribution is 0.414. The first-order chi connectivity index (χ1) is 15.1. The van der Waals surface area contributed by atoms with Crippen molar-refractivity contribution in [2.75, 3.05) is 19.4 Å². The van der Waals surface area contributed by atoms with Gasteiger partial charge in [-0.15, -0.1) is 0 Å². The summed E-state index contributed by atoms with van der Waals surface area (Å²) >= 11 is 3.52. The van der Waals surface area contributed by atoms with Gasteiger partial charge in [0.05, 0.1) is 32.3 Å². The van der Waals surface area contributed by atoms with Gasteiger partial charge >= 0.3 is 0 Å². The van der Waals surface area contributed by atoms with Crippen molar-refractivity contribution in [2.24, 2.45) is 9.98 Å². The molecule has 0 fully saturated rings. The molecule has 7 heteroatoms. The highest BCUT2D eigenvalue weighted by Gasteiger charge is 2.32. The molecule has 31 heavy (non-hydrogen) atoms. The van der Waals surface area contributed by atoms with Crippen LogP contribution in [-0.4, -0.2) is 40.2 Å². The van der Waals surface area contributed by atoms with Crippen LogP contribution in [0.3, 0.4) is 0 Å². The van der Waals surface area contributed by atoms with Crippen molar-refractivity contribution >= 4 is 33.9 Å². The molecule has 0 radical (unpaired) electrons. The molecule has 2 aromatic rings. The molecule has 0 spiro atoms. The lowest BCUT2D eigenvalue weighted by atomic mass is 9.94. The Bertz CT molecular complexity index is 1060. The molecule has 3 aliphatic rings. The first-order valence-electron chi connectivity index (χ1n) is 10.4. The van der Waals surface area contributed by atoms with Crippen molar-refractivity contribution in [1.82, 2.24) is 10.2 Å². The van der Waals surface area contributed by atoms with Crippen molar-refractivity contribution in [1.29, 1.82) is 0 Å². The number of rotatable bonds is 5. The van der Waals surface area contributed by atoms with E-state index >= 15 is 0 Å². The molecule has 160 valence electrons. The standard InChI is InChI=1S/C24H26N4OS2/c1-24(11-17-7-9-21(29-2)10-8-17)16-26-22(27-24)30-14-20-15-31-23-25-12-18-5-3-4-6-19(18)13-28(20)23/h3-10,15H,11-14,16H2,1-2H3,(H,26,27). The van der Waals surface area contributed by atoms with Crippen LogP contribution < -0.4 is 10.1 Å². The third-order valence-corrected chi connectivity index (χ3v) is 7.69. The maximum absolute atomic E-state index is 5.27. The monoisotopic (exact) mass is 450 g/mol. The number of nitrogens with one attached hydrogen (secondary N) is 1. The van der Waals surface area contributed by atoms with Gasteiger partial charge in [0.15, 0.2) is 10.3 Å². The molecule has 0 saturated heterocycles. The maximum atomic E-state index is 5.27. The smallest absolute Gasteiger partial charge is 0.168 e. The SMILES string of the molecule is COc1ccc(CC2(C)CN=C(SCC3=CSC4=NCc5ccccc5CN34)N2)cc1. The van der Waals surface area contributed by atoms with Crippen LogP contribution in [0.15, 0.2) is 69.6 Å². The van der Waals surface area contributed by atoms with Crippen LogP contribution in [0.25, 0.3) is 0 Å². The molecule has 1 atom stereocenters. The third kappa shape index (κ3) is 4.48. The van der Waals surface area contributed by atoms with Gasteiger partial charge in [0.1, 0.15) is 5.75 Å². The Balaban J connectivity index is 1.18. The van der Waals surface area contributed by atoms with Gasteiger partial charge in [-0.25, -0.2) is 0 Å². The van der Waals surface area contributed by atoms with Gasteiger partial charge in [-0.3, -0.25) is 9.98 Å². The quantitative estimate of drug-likeness (QED) is 0.719. The fraction of sp³-hybridized carbons (Fsp3) is 0.333. The largest absolute Gasteiger partial charge is 0.497 e. The summed E-state index contributed by atoms with van der Waals surface area (Å²) in [4.78, 5) is 12.0. The van der Waals surface area contributed by atoms with Gasteiger partial charge < -0.3 is 15.0 Å². The van der Waals surface area contributed by atoms with Crippen molar-refractivity contribution in [2.45, 2.75) is 32.0 Å². The van der Waals surface area contributed by atoms with E-state index in [4.69, 9.17) is 14.7 Å². The minimum Gasteiger partial charge on any atom is -0.497 e.